The Hall–Kier alpha value is -3.54. The number of hydrogen-bond acceptors (Lipinski definition) is 9. The van der Waals surface area contributed by atoms with Crippen molar-refractivity contribution in [2.75, 3.05) is 14.2 Å². The second-order valence-electron chi connectivity index (χ2n) is 6.85. The van der Waals surface area contributed by atoms with Gasteiger partial charge in [-0.2, -0.15) is 5.10 Å². The minimum atomic E-state index is -0.769. The molecule has 0 aliphatic rings. The Labute approximate surface area is 231 Å². The summed E-state index contributed by atoms with van der Waals surface area (Å²) in [6.07, 6.45) is 1.39. The largest absolute Gasteiger partial charge is 0.496 e. The molecule has 0 bridgehead atoms. The number of non-ortho nitro benzene ring substituents is 1. The molecular weight excluding hydrogens is 702 g/mol. The Morgan fingerprint density at radius 2 is 1.64 bits per heavy atom. The third kappa shape index (κ3) is 6.36. The molecule has 0 aliphatic carbocycles. The highest BCUT2D eigenvalue weighted by Crippen LogP contribution is 2.41. The number of nitrogens with zero attached hydrogens (tertiary/aromatic N) is 3. The average molecular weight is 718 g/mol. The molecule has 0 fully saturated rings. The summed E-state index contributed by atoms with van der Waals surface area (Å²) in [5, 5.41) is 26.4. The fourth-order valence-electron chi connectivity index (χ4n) is 2.90. The summed E-state index contributed by atoms with van der Waals surface area (Å²) >= 11 is 4.04. The number of benzene rings is 3. The van der Waals surface area contributed by atoms with Gasteiger partial charge in [-0.1, -0.05) is 0 Å². The number of hydrazone groups is 1. The molecule has 0 saturated carbocycles. The second-order valence-corrected chi connectivity index (χ2v) is 9.18. The van der Waals surface area contributed by atoms with Crippen LogP contribution in [0.1, 0.15) is 15.9 Å². The summed E-state index contributed by atoms with van der Waals surface area (Å²) in [6.45, 7) is 0. The van der Waals surface area contributed by atoms with Gasteiger partial charge >= 0.3 is 5.69 Å². The molecule has 0 saturated heterocycles. The first kappa shape index (κ1) is 27.1. The molecule has 0 heterocycles. The van der Waals surface area contributed by atoms with E-state index in [1.807, 2.05) is 22.6 Å². The Balaban J connectivity index is 1.82. The minimum Gasteiger partial charge on any atom is -0.496 e. The molecule has 3 rings (SSSR count). The molecule has 0 spiro atoms. The van der Waals surface area contributed by atoms with E-state index in [1.165, 1.54) is 20.4 Å². The van der Waals surface area contributed by atoms with E-state index in [-0.39, 0.29) is 17.2 Å². The van der Waals surface area contributed by atoms with Gasteiger partial charge in [-0.3, -0.25) is 25.0 Å². The van der Waals surface area contributed by atoms with Gasteiger partial charge in [0.1, 0.15) is 5.75 Å². The Kier molecular flexibility index (Phi) is 8.97. The van der Waals surface area contributed by atoms with Crippen molar-refractivity contribution in [2.24, 2.45) is 5.10 Å². The maximum absolute atomic E-state index is 12.4. The molecule has 14 heteroatoms. The highest BCUT2D eigenvalue weighted by molar-refractivity contribution is 14.1. The van der Waals surface area contributed by atoms with Gasteiger partial charge in [0.2, 0.25) is 5.75 Å². The number of carbonyl (C=O) groups is 1. The lowest BCUT2D eigenvalue weighted by atomic mass is 10.2. The van der Waals surface area contributed by atoms with E-state index in [9.17, 15) is 25.0 Å². The number of ether oxygens (including phenoxy) is 3. The quantitative estimate of drug-likeness (QED) is 0.136. The molecule has 36 heavy (non-hydrogen) atoms. The Bertz CT molecular complexity index is 1380. The van der Waals surface area contributed by atoms with Gasteiger partial charge in [0.25, 0.3) is 11.6 Å². The van der Waals surface area contributed by atoms with Crippen LogP contribution in [0, 0.1) is 27.4 Å². The fraction of sp³-hybridized carbons (Fsp3) is 0.0909. The van der Waals surface area contributed by atoms with Crippen molar-refractivity contribution in [3.63, 3.8) is 0 Å². The van der Waals surface area contributed by atoms with Gasteiger partial charge in [0.15, 0.2) is 11.5 Å². The molecule has 3 aromatic rings. The number of carbonyl (C=O) groups excluding carboxylic acids is 1. The van der Waals surface area contributed by atoms with E-state index in [4.69, 9.17) is 14.2 Å². The molecule has 0 atom stereocenters. The summed E-state index contributed by atoms with van der Waals surface area (Å²) in [6, 6.07) is 11.3. The van der Waals surface area contributed by atoms with Crippen LogP contribution in [0.25, 0.3) is 0 Å². The molecule has 0 aliphatic heterocycles. The van der Waals surface area contributed by atoms with Crippen molar-refractivity contribution in [3.05, 3.63) is 87.0 Å². The Morgan fingerprint density at radius 1 is 0.917 bits per heavy atom. The number of amides is 1. The summed E-state index contributed by atoms with van der Waals surface area (Å²) in [5.41, 5.74) is 2.34. The lowest BCUT2D eigenvalue weighted by Gasteiger charge is -2.13. The third-order valence-corrected chi connectivity index (χ3v) is 6.30. The van der Waals surface area contributed by atoms with Crippen LogP contribution in [-0.2, 0) is 0 Å². The van der Waals surface area contributed by atoms with Crippen molar-refractivity contribution in [1.82, 2.24) is 5.43 Å². The van der Waals surface area contributed by atoms with Gasteiger partial charge in [-0.15, -0.1) is 0 Å². The smallest absolute Gasteiger partial charge is 0.318 e. The van der Waals surface area contributed by atoms with Gasteiger partial charge in [-0.25, -0.2) is 5.43 Å². The highest BCUT2D eigenvalue weighted by atomic mass is 127. The first-order valence-electron chi connectivity index (χ1n) is 9.79. The first-order valence-corrected chi connectivity index (χ1v) is 12.0. The van der Waals surface area contributed by atoms with Gasteiger partial charge in [0.05, 0.1) is 43.5 Å². The van der Waals surface area contributed by atoms with Crippen LogP contribution in [0.4, 0.5) is 11.4 Å². The first-order chi connectivity index (χ1) is 17.1. The summed E-state index contributed by atoms with van der Waals surface area (Å²) in [4.78, 5) is 33.3. The van der Waals surface area contributed by atoms with Crippen LogP contribution in [0.3, 0.4) is 0 Å². The number of nitro benzene ring substituents is 2. The van der Waals surface area contributed by atoms with Crippen molar-refractivity contribution >= 4 is 68.7 Å². The van der Waals surface area contributed by atoms with E-state index >= 15 is 0 Å². The molecule has 186 valence electrons. The molecule has 1 amide bonds. The standard InChI is InChI=1S/C22H16I2N4O8/c1-34-19-9-13(3-5-15(19)23)22(29)26-25-11-12-7-16(24)21(20(8-12)35-2)36-18-6-4-14(27(30)31)10-17(18)28(32)33/h3-11H,1-2H3,(H,26,29)/b25-11+. The lowest BCUT2D eigenvalue weighted by Crippen LogP contribution is -2.17. The monoisotopic (exact) mass is 718 g/mol. The van der Waals surface area contributed by atoms with E-state index in [0.717, 1.165) is 21.8 Å². The predicted molar refractivity (Wildman–Crippen MR) is 146 cm³/mol. The van der Waals surface area contributed by atoms with Crippen LogP contribution in [0.15, 0.2) is 53.6 Å². The zero-order valence-electron chi connectivity index (χ0n) is 18.6. The third-order valence-electron chi connectivity index (χ3n) is 4.61. The molecule has 3 aromatic carbocycles. The van der Waals surface area contributed by atoms with E-state index in [2.05, 4.69) is 33.1 Å². The molecule has 1 N–H and O–H groups in total. The zero-order valence-corrected chi connectivity index (χ0v) is 22.9. The number of hydrogen-bond donors (Lipinski definition) is 1. The fourth-order valence-corrected chi connectivity index (χ4v) is 4.19. The van der Waals surface area contributed by atoms with E-state index < -0.39 is 27.1 Å². The number of nitro groups is 2. The van der Waals surface area contributed by atoms with Crippen LogP contribution in [0.2, 0.25) is 0 Å². The topological polar surface area (TPSA) is 155 Å². The number of halogens is 2. The van der Waals surface area contributed by atoms with Crippen LogP contribution >= 0.6 is 45.2 Å². The summed E-state index contributed by atoms with van der Waals surface area (Å²) in [5.74, 6) is 0.332. The van der Waals surface area contributed by atoms with Crippen molar-refractivity contribution in [2.45, 2.75) is 0 Å². The normalized spacial score (nSPS) is 10.7. The molecule has 0 radical (unpaired) electrons. The van der Waals surface area contributed by atoms with Crippen molar-refractivity contribution in [3.8, 4) is 23.0 Å². The maximum atomic E-state index is 12.4. The molecule has 12 nitrogen and oxygen atoms in total. The number of rotatable bonds is 9. The molecular formula is C22H16I2N4O8. The maximum Gasteiger partial charge on any atom is 0.318 e. The summed E-state index contributed by atoms with van der Waals surface area (Å²) < 4.78 is 17.7. The van der Waals surface area contributed by atoms with Gasteiger partial charge < -0.3 is 14.2 Å². The van der Waals surface area contributed by atoms with E-state index in [1.54, 1.807) is 30.3 Å². The number of methoxy groups -OCH3 is 2. The van der Waals surface area contributed by atoms with Crippen LogP contribution in [-0.4, -0.2) is 36.2 Å². The SMILES string of the molecule is COc1cc(C(=O)N/N=C/c2cc(I)c(Oc3ccc([N+](=O)[O-])cc3[N+](=O)[O-])c(OC)c2)ccc1I. The number of nitrogens with one attached hydrogen (secondary N) is 1. The molecule has 0 unspecified atom stereocenters. The lowest BCUT2D eigenvalue weighted by molar-refractivity contribution is -0.394. The second kappa shape index (κ2) is 11.9. The summed E-state index contributed by atoms with van der Waals surface area (Å²) in [7, 11) is 2.90. The predicted octanol–water partition coefficient (Wildman–Crippen LogP) is 5.29. The zero-order chi connectivity index (χ0) is 26.4. The van der Waals surface area contributed by atoms with Crippen LogP contribution in [0.5, 0.6) is 23.0 Å². The van der Waals surface area contributed by atoms with Gasteiger partial charge in [0, 0.05) is 11.6 Å². The van der Waals surface area contributed by atoms with Crippen LogP contribution < -0.4 is 19.6 Å². The molecule has 0 aromatic heterocycles. The van der Waals surface area contributed by atoms with E-state index in [0.29, 0.717) is 20.4 Å². The minimum absolute atomic E-state index is 0.169. The van der Waals surface area contributed by atoms with Crippen molar-refractivity contribution in [1.29, 1.82) is 0 Å². The highest BCUT2D eigenvalue weighted by Gasteiger charge is 2.23. The Morgan fingerprint density at radius 3 is 2.28 bits per heavy atom. The van der Waals surface area contributed by atoms with Gasteiger partial charge in [-0.05, 0) is 87.1 Å². The van der Waals surface area contributed by atoms with Crippen molar-refractivity contribution < 1.29 is 28.9 Å². The average Bonchev–Trinajstić information content (AvgIpc) is 2.85.